The monoisotopic (exact) mass is 113 g/mol. The van der Waals surface area contributed by atoms with Crippen LogP contribution in [0.1, 0.15) is 0 Å². The number of halogens is 2. The first kappa shape index (κ1) is 8.99. The normalized spacial score (nSPS) is 7.60. The highest BCUT2D eigenvalue weighted by molar-refractivity contribution is 6.33. The van der Waals surface area contributed by atoms with E-state index >= 15 is 0 Å². The number of hydrogen-bond acceptors (Lipinski definition) is 1. The summed E-state index contributed by atoms with van der Waals surface area (Å²) in [6, 6.07) is 0. The SMILES string of the molecule is ClC=CCl.N. The molecule has 0 heterocycles. The summed E-state index contributed by atoms with van der Waals surface area (Å²) in [5.41, 5.74) is 2.48. The lowest BCUT2D eigenvalue weighted by Crippen LogP contribution is -1.11. The predicted molar refractivity (Wildman–Crippen MR) is 25.9 cm³/mol. The van der Waals surface area contributed by atoms with Crippen LogP contribution in [-0.4, -0.2) is 0 Å². The maximum Gasteiger partial charge on any atom is 0.0156 e. The fourth-order valence-electron chi connectivity index (χ4n) is 0. The Hall–Kier alpha value is 0.280. The zero-order valence-corrected chi connectivity index (χ0v) is 4.13. The van der Waals surface area contributed by atoms with E-state index in [-0.39, 0.29) is 6.15 Å². The van der Waals surface area contributed by atoms with E-state index in [4.69, 9.17) is 23.2 Å². The highest BCUT2D eigenvalue weighted by Gasteiger charge is 1.40. The molecule has 0 saturated carbocycles. The first-order chi connectivity index (χ1) is 1.91. The highest BCUT2D eigenvalue weighted by Crippen LogP contribution is 1.78. The molecule has 0 saturated heterocycles. The van der Waals surface area contributed by atoms with E-state index in [0.29, 0.717) is 0 Å². The fraction of sp³-hybridized carbons (Fsp3) is 0. The van der Waals surface area contributed by atoms with E-state index in [0.717, 1.165) is 0 Å². The first-order valence-corrected chi connectivity index (χ1v) is 1.64. The maximum absolute atomic E-state index is 4.87. The van der Waals surface area contributed by atoms with Crippen LogP contribution in [0.2, 0.25) is 0 Å². The van der Waals surface area contributed by atoms with Crippen LogP contribution in [0.4, 0.5) is 0 Å². The third kappa shape index (κ3) is 13.6. The van der Waals surface area contributed by atoms with E-state index in [9.17, 15) is 0 Å². The van der Waals surface area contributed by atoms with Gasteiger partial charge in [0.15, 0.2) is 0 Å². The molecular weight excluding hydrogens is 109 g/mol. The molecule has 0 fully saturated rings. The van der Waals surface area contributed by atoms with Gasteiger partial charge in [0, 0.05) is 11.1 Å². The molecule has 3 heteroatoms. The summed E-state index contributed by atoms with van der Waals surface area (Å²) in [5, 5.41) is 0. The molecule has 0 aromatic heterocycles. The van der Waals surface area contributed by atoms with Gasteiger partial charge in [-0.25, -0.2) is 0 Å². The van der Waals surface area contributed by atoms with Crippen molar-refractivity contribution in [2.45, 2.75) is 0 Å². The van der Waals surface area contributed by atoms with E-state index in [1.165, 1.54) is 11.1 Å². The minimum atomic E-state index is 0. The van der Waals surface area contributed by atoms with Gasteiger partial charge in [-0.15, -0.1) is 0 Å². The molecule has 0 aliphatic heterocycles. The zero-order valence-electron chi connectivity index (χ0n) is 2.62. The number of rotatable bonds is 0. The maximum atomic E-state index is 4.87. The van der Waals surface area contributed by atoms with Crippen LogP contribution in [0.15, 0.2) is 11.1 Å². The first-order valence-electron chi connectivity index (χ1n) is 0.770. The second-order valence-electron chi connectivity index (χ2n) is 0.252. The van der Waals surface area contributed by atoms with Gasteiger partial charge >= 0.3 is 0 Å². The topological polar surface area (TPSA) is 35.0 Å². The largest absolute Gasteiger partial charge is 0.344 e. The van der Waals surface area contributed by atoms with Gasteiger partial charge in [0.1, 0.15) is 0 Å². The summed E-state index contributed by atoms with van der Waals surface area (Å²) in [4.78, 5) is 0. The summed E-state index contributed by atoms with van der Waals surface area (Å²) in [6.45, 7) is 0. The number of hydrogen-bond donors (Lipinski definition) is 1. The van der Waals surface area contributed by atoms with Crippen LogP contribution >= 0.6 is 23.2 Å². The van der Waals surface area contributed by atoms with Crippen molar-refractivity contribution >= 4 is 23.2 Å². The van der Waals surface area contributed by atoms with E-state index in [2.05, 4.69) is 0 Å². The van der Waals surface area contributed by atoms with Crippen molar-refractivity contribution in [1.82, 2.24) is 6.15 Å². The van der Waals surface area contributed by atoms with Crippen LogP contribution in [0.3, 0.4) is 0 Å². The van der Waals surface area contributed by atoms with Gasteiger partial charge in [0.05, 0.1) is 0 Å². The molecule has 32 valence electrons. The lowest BCUT2D eigenvalue weighted by molar-refractivity contribution is 2.13. The van der Waals surface area contributed by atoms with Crippen molar-refractivity contribution in [2.24, 2.45) is 0 Å². The molecule has 0 atom stereocenters. The molecule has 0 rings (SSSR count). The average Bonchev–Trinajstić information content (AvgIpc) is 1.37. The summed E-state index contributed by atoms with van der Waals surface area (Å²) >= 11 is 9.75. The fourth-order valence-corrected chi connectivity index (χ4v) is 0. The Morgan fingerprint density at radius 2 is 1.20 bits per heavy atom. The van der Waals surface area contributed by atoms with Crippen LogP contribution in [-0.2, 0) is 0 Å². The predicted octanol–water partition coefficient (Wildman–Crippen LogP) is 2.10. The van der Waals surface area contributed by atoms with Crippen LogP contribution in [0.25, 0.3) is 0 Å². The molecule has 3 N–H and O–H groups in total. The molecule has 0 spiro atoms. The summed E-state index contributed by atoms with van der Waals surface area (Å²) in [5.74, 6) is 0. The van der Waals surface area contributed by atoms with Crippen molar-refractivity contribution in [3.05, 3.63) is 11.1 Å². The molecule has 0 aliphatic carbocycles. The standard InChI is InChI=1S/C2H2Cl2.H3N/c3-1-2-4;/h1-2H;1H3. The van der Waals surface area contributed by atoms with Crippen molar-refractivity contribution in [3.63, 3.8) is 0 Å². The van der Waals surface area contributed by atoms with Crippen molar-refractivity contribution in [3.8, 4) is 0 Å². The van der Waals surface area contributed by atoms with Crippen molar-refractivity contribution in [1.29, 1.82) is 0 Å². The third-order valence-corrected chi connectivity index (χ3v) is 0.429. The molecule has 5 heavy (non-hydrogen) atoms. The molecule has 0 aromatic carbocycles. The average molecular weight is 114 g/mol. The van der Waals surface area contributed by atoms with E-state index in [1.807, 2.05) is 0 Å². The van der Waals surface area contributed by atoms with Gasteiger partial charge in [-0.3, -0.25) is 0 Å². The molecule has 0 radical (unpaired) electrons. The smallest absolute Gasteiger partial charge is 0.0156 e. The lowest BCUT2D eigenvalue weighted by Gasteiger charge is -1.44. The Morgan fingerprint density at radius 1 is 1.00 bits per heavy atom. The van der Waals surface area contributed by atoms with E-state index in [1.54, 1.807) is 0 Å². The van der Waals surface area contributed by atoms with Gasteiger partial charge in [-0.1, -0.05) is 23.2 Å². The van der Waals surface area contributed by atoms with Crippen LogP contribution < -0.4 is 6.15 Å². The van der Waals surface area contributed by atoms with Gasteiger partial charge in [0.25, 0.3) is 0 Å². The Bertz CT molecular complexity index is 22.8. The molecule has 1 nitrogen and oxygen atoms in total. The zero-order chi connectivity index (χ0) is 3.41. The minimum absolute atomic E-state index is 0. The van der Waals surface area contributed by atoms with Crippen LogP contribution in [0, 0.1) is 0 Å². The molecule has 0 bridgehead atoms. The summed E-state index contributed by atoms with van der Waals surface area (Å²) < 4.78 is 0. The Kier molecular flexibility index (Phi) is 15.9. The van der Waals surface area contributed by atoms with Crippen molar-refractivity contribution in [2.75, 3.05) is 0 Å². The lowest BCUT2D eigenvalue weighted by atomic mass is 11.3. The summed E-state index contributed by atoms with van der Waals surface area (Å²) in [6.07, 6.45) is 0. The highest BCUT2D eigenvalue weighted by atomic mass is 35.5. The molecule has 0 aliphatic rings. The van der Waals surface area contributed by atoms with Gasteiger partial charge in [-0.05, 0) is 0 Å². The minimum Gasteiger partial charge on any atom is -0.344 e. The third-order valence-electron chi connectivity index (χ3n) is 0.0476. The van der Waals surface area contributed by atoms with Gasteiger partial charge in [0.2, 0.25) is 0 Å². The Labute approximate surface area is 41.2 Å². The second kappa shape index (κ2) is 8.86. The van der Waals surface area contributed by atoms with Gasteiger partial charge in [-0.2, -0.15) is 0 Å². The molecule has 0 aromatic rings. The van der Waals surface area contributed by atoms with E-state index < -0.39 is 0 Å². The second-order valence-corrected chi connectivity index (χ2v) is 0.756. The van der Waals surface area contributed by atoms with Gasteiger partial charge < -0.3 is 6.15 Å². The Morgan fingerprint density at radius 3 is 1.20 bits per heavy atom. The summed E-state index contributed by atoms with van der Waals surface area (Å²) in [7, 11) is 0. The van der Waals surface area contributed by atoms with Crippen LogP contribution in [0.5, 0.6) is 0 Å². The quantitative estimate of drug-likeness (QED) is 0.514. The Balaban J connectivity index is 0. The molecular formula is C2H5Cl2N. The molecule has 0 unspecified atom stereocenters. The molecule has 0 amide bonds. The van der Waals surface area contributed by atoms with Crippen molar-refractivity contribution < 1.29 is 0 Å².